The Kier molecular flexibility index (Phi) is 4.65. The van der Waals surface area contributed by atoms with Crippen molar-refractivity contribution < 1.29 is 9.59 Å². The van der Waals surface area contributed by atoms with E-state index in [-0.39, 0.29) is 18.4 Å². The molecule has 0 spiro atoms. The molecule has 2 aromatic heterocycles. The van der Waals surface area contributed by atoms with Gasteiger partial charge in [0.15, 0.2) is 0 Å². The SMILES string of the molecule is Cc1nc2cc(C(=O)N3CCC[C@H](c4nccn4CC(N)=O)C3)ccc2s1. The number of imidazole rings is 1. The summed E-state index contributed by atoms with van der Waals surface area (Å²) in [5.74, 6) is 0.532. The summed E-state index contributed by atoms with van der Waals surface area (Å²) in [5, 5.41) is 0.994. The van der Waals surface area contributed by atoms with Crippen molar-refractivity contribution >= 4 is 33.4 Å². The summed E-state index contributed by atoms with van der Waals surface area (Å²) >= 11 is 1.63. The lowest BCUT2D eigenvalue weighted by Crippen LogP contribution is -2.40. The highest BCUT2D eigenvalue weighted by Crippen LogP contribution is 2.28. The third-order valence-electron chi connectivity index (χ3n) is 4.89. The zero-order chi connectivity index (χ0) is 19.0. The summed E-state index contributed by atoms with van der Waals surface area (Å²) in [7, 11) is 0. The lowest BCUT2D eigenvalue weighted by Gasteiger charge is -2.32. The Balaban J connectivity index is 1.54. The van der Waals surface area contributed by atoms with Gasteiger partial charge in [-0.2, -0.15) is 0 Å². The molecular weight excluding hydrogens is 362 g/mol. The molecule has 1 fully saturated rings. The molecule has 0 bridgehead atoms. The van der Waals surface area contributed by atoms with Gasteiger partial charge in [-0.25, -0.2) is 9.97 Å². The Labute approximate surface area is 160 Å². The van der Waals surface area contributed by atoms with Crippen LogP contribution < -0.4 is 5.73 Å². The number of carbonyl (C=O) groups excluding carboxylic acids is 2. The Bertz CT molecular complexity index is 1010. The number of nitrogens with zero attached hydrogens (tertiary/aromatic N) is 4. The highest BCUT2D eigenvalue weighted by molar-refractivity contribution is 7.18. The quantitative estimate of drug-likeness (QED) is 0.748. The molecule has 4 rings (SSSR count). The van der Waals surface area contributed by atoms with Gasteiger partial charge in [0.05, 0.1) is 15.2 Å². The number of hydrogen-bond acceptors (Lipinski definition) is 5. The largest absolute Gasteiger partial charge is 0.368 e. The van der Waals surface area contributed by atoms with E-state index in [0.29, 0.717) is 12.1 Å². The number of amides is 2. The number of carbonyl (C=O) groups is 2. The van der Waals surface area contributed by atoms with E-state index in [1.165, 1.54) is 0 Å². The molecule has 3 heterocycles. The van der Waals surface area contributed by atoms with Crippen molar-refractivity contribution in [2.75, 3.05) is 13.1 Å². The molecule has 0 aliphatic carbocycles. The number of nitrogens with two attached hydrogens (primary N) is 1. The first-order chi connectivity index (χ1) is 13.0. The molecule has 0 radical (unpaired) electrons. The summed E-state index contributed by atoms with van der Waals surface area (Å²) in [6, 6.07) is 5.72. The van der Waals surface area contributed by atoms with Crippen LogP contribution >= 0.6 is 11.3 Å². The Morgan fingerprint density at radius 2 is 2.22 bits per heavy atom. The van der Waals surface area contributed by atoms with E-state index in [0.717, 1.165) is 40.4 Å². The lowest BCUT2D eigenvalue weighted by atomic mass is 9.96. The van der Waals surface area contributed by atoms with Crippen molar-refractivity contribution in [1.82, 2.24) is 19.4 Å². The molecule has 0 unspecified atom stereocenters. The first-order valence-electron chi connectivity index (χ1n) is 8.97. The number of rotatable bonds is 4. The van der Waals surface area contributed by atoms with Crippen LogP contribution in [0, 0.1) is 6.92 Å². The monoisotopic (exact) mass is 383 g/mol. The maximum absolute atomic E-state index is 13.0. The molecule has 1 aliphatic heterocycles. The van der Waals surface area contributed by atoms with E-state index in [4.69, 9.17) is 5.73 Å². The Morgan fingerprint density at radius 1 is 1.37 bits per heavy atom. The molecule has 1 saturated heterocycles. The minimum absolute atomic E-state index is 0.0141. The van der Waals surface area contributed by atoms with Gasteiger partial charge >= 0.3 is 0 Å². The highest BCUT2D eigenvalue weighted by Gasteiger charge is 2.28. The van der Waals surface area contributed by atoms with Crippen LogP contribution in [0.5, 0.6) is 0 Å². The number of hydrogen-bond donors (Lipinski definition) is 1. The molecule has 8 heteroatoms. The molecule has 1 aliphatic rings. The number of benzene rings is 1. The van der Waals surface area contributed by atoms with Crippen LogP contribution in [-0.4, -0.2) is 44.3 Å². The normalized spacial score (nSPS) is 17.4. The van der Waals surface area contributed by atoms with Gasteiger partial charge in [0, 0.05) is 37.0 Å². The van der Waals surface area contributed by atoms with E-state index in [1.54, 1.807) is 28.3 Å². The maximum Gasteiger partial charge on any atom is 0.253 e. The molecular formula is C19H21N5O2S. The van der Waals surface area contributed by atoms with Crippen molar-refractivity contribution in [2.24, 2.45) is 5.73 Å². The molecule has 140 valence electrons. The van der Waals surface area contributed by atoms with Gasteiger partial charge in [0.1, 0.15) is 12.4 Å². The molecule has 3 aromatic rings. The van der Waals surface area contributed by atoms with Gasteiger partial charge in [-0.1, -0.05) is 0 Å². The molecule has 7 nitrogen and oxygen atoms in total. The zero-order valence-electron chi connectivity index (χ0n) is 15.1. The first-order valence-corrected chi connectivity index (χ1v) is 9.78. The number of aryl methyl sites for hydroxylation is 1. The maximum atomic E-state index is 13.0. The van der Waals surface area contributed by atoms with Gasteiger partial charge in [0.2, 0.25) is 5.91 Å². The molecule has 2 amide bonds. The smallest absolute Gasteiger partial charge is 0.253 e. The van der Waals surface area contributed by atoms with Gasteiger partial charge in [-0.05, 0) is 38.0 Å². The minimum Gasteiger partial charge on any atom is -0.368 e. The van der Waals surface area contributed by atoms with Gasteiger partial charge < -0.3 is 15.2 Å². The summed E-state index contributed by atoms with van der Waals surface area (Å²) in [6.45, 7) is 3.39. The van der Waals surface area contributed by atoms with Crippen LogP contribution in [0.1, 0.15) is 39.9 Å². The first kappa shape index (κ1) is 17.7. The molecule has 1 aromatic carbocycles. The van der Waals surface area contributed by atoms with E-state index < -0.39 is 5.91 Å². The highest BCUT2D eigenvalue weighted by atomic mass is 32.1. The van der Waals surface area contributed by atoms with Crippen LogP contribution in [0.4, 0.5) is 0 Å². The zero-order valence-corrected chi connectivity index (χ0v) is 15.9. The number of likely N-dealkylation sites (tertiary alicyclic amines) is 1. The van der Waals surface area contributed by atoms with Crippen molar-refractivity contribution in [2.45, 2.75) is 32.2 Å². The van der Waals surface area contributed by atoms with Crippen LogP contribution in [0.15, 0.2) is 30.6 Å². The van der Waals surface area contributed by atoms with E-state index in [9.17, 15) is 9.59 Å². The Hall–Kier alpha value is -2.74. The number of primary amides is 1. The predicted octanol–water partition coefficient (Wildman–Crippen LogP) is 2.31. The second-order valence-electron chi connectivity index (χ2n) is 6.89. The van der Waals surface area contributed by atoms with Crippen LogP contribution in [0.2, 0.25) is 0 Å². The topological polar surface area (TPSA) is 94.1 Å². The fourth-order valence-electron chi connectivity index (χ4n) is 3.71. The minimum atomic E-state index is -0.398. The third kappa shape index (κ3) is 3.57. The van der Waals surface area contributed by atoms with Crippen LogP contribution in [0.25, 0.3) is 10.2 Å². The summed E-state index contributed by atoms with van der Waals surface area (Å²) in [6.07, 6.45) is 5.28. The molecule has 2 N–H and O–H groups in total. The van der Waals surface area contributed by atoms with Gasteiger partial charge in [0.25, 0.3) is 5.91 Å². The lowest BCUT2D eigenvalue weighted by molar-refractivity contribution is -0.118. The van der Waals surface area contributed by atoms with Crippen LogP contribution in [-0.2, 0) is 11.3 Å². The average Bonchev–Trinajstić information content (AvgIpc) is 3.25. The third-order valence-corrected chi connectivity index (χ3v) is 5.84. The fraction of sp³-hybridized carbons (Fsp3) is 0.368. The van der Waals surface area contributed by atoms with E-state index in [2.05, 4.69) is 9.97 Å². The molecule has 27 heavy (non-hydrogen) atoms. The number of piperidine rings is 1. The number of aromatic nitrogens is 3. The summed E-state index contributed by atoms with van der Waals surface area (Å²) < 4.78 is 2.87. The van der Waals surface area contributed by atoms with E-state index in [1.807, 2.05) is 30.0 Å². The van der Waals surface area contributed by atoms with Gasteiger partial charge in [-0.15, -0.1) is 11.3 Å². The average molecular weight is 383 g/mol. The van der Waals surface area contributed by atoms with Crippen molar-refractivity contribution in [3.63, 3.8) is 0 Å². The van der Waals surface area contributed by atoms with Crippen molar-refractivity contribution in [1.29, 1.82) is 0 Å². The number of fused-ring (bicyclic) bond motifs is 1. The second kappa shape index (κ2) is 7.11. The summed E-state index contributed by atoms with van der Waals surface area (Å²) in [5.41, 5.74) is 6.85. The van der Waals surface area contributed by atoms with Crippen LogP contribution in [0.3, 0.4) is 0 Å². The van der Waals surface area contributed by atoms with Crippen molar-refractivity contribution in [3.05, 3.63) is 47.0 Å². The van der Waals surface area contributed by atoms with Gasteiger partial charge in [-0.3, -0.25) is 9.59 Å². The molecule has 0 saturated carbocycles. The number of thiazole rings is 1. The molecule has 1 atom stereocenters. The fourth-order valence-corrected chi connectivity index (χ4v) is 4.52. The van der Waals surface area contributed by atoms with Crippen molar-refractivity contribution in [3.8, 4) is 0 Å². The Morgan fingerprint density at radius 3 is 3.04 bits per heavy atom. The second-order valence-corrected chi connectivity index (χ2v) is 8.12. The summed E-state index contributed by atoms with van der Waals surface area (Å²) in [4.78, 5) is 35.1. The standard InChI is InChI=1S/C19H21N5O2S/c1-12-22-15-9-13(4-5-16(15)27-12)19(26)24-7-2-3-14(10-24)18-21-6-8-23(18)11-17(20)25/h4-6,8-9,14H,2-3,7,10-11H2,1H3,(H2,20,25)/t14-/m0/s1. The predicted molar refractivity (Wildman–Crippen MR) is 104 cm³/mol. The van der Waals surface area contributed by atoms with E-state index >= 15 is 0 Å².